The van der Waals surface area contributed by atoms with E-state index in [4.69, 9.17) is 5.73 Å². The van der Waals surface area contributed by atoms with Gasteiger partial charge in [0.1, 0.15) is 0 Å². The second-order valence-corrected chi connectivity index (χ2v) is 4.42. The van der Waals surface area contributed by atoms with E-state index < -0.39 is 0 Å². The fraction of sp³-hybridized carbons (Fsp3) is 0.455. The average molecular weight is 242 g/mol. The van der Waals surface area contributed by atoms with Crippen molar-refractivity contribution >= 4 is 15.9 Å². The smallest absolute Gasteiger partial charge is 0.0177 e. The summed E-state index contributed by atoms with van der Waals surface area (Å²) in [5.74, 6) is 0. The van der Waals surface area contributed by atoms with Gasteiger partial charge in [0.15, 0.2) is 0 Å². The van der Waals surface area contributed by atoms with Gasteiger partial charge >= 0.3 is 0 Å². The Morgan fingerprint density at radius 2 is 2.23 bits per heavy atom. The Labute approximate surface area is 88.5 Å². The van der Waals surface area contributed by atoms with Crippen LogP contribution < -0.4 is 5.73 Å². The van der Waals surface area contributed by atoms with Crippen LogP contribution in [-0.4, -0.2) is 6.04 Å². The lowest BCUT2D eigenvalue weighted by Crippen LogP contribution is -2.14. The van der Waals surface area contributed by atoms with Crippen LogP contribution >= 0.6 is 15.9 Å². The topological polar surface area (TPSA) is 26.0 Å². The third kappa shape index (κ3) is 4.44. The monoisotopic (exact) mass is 241 g/mol. The summed E-state index contributed by atoms with van der Waals surface area (Å²) >= 11 is 3.46. The molecule has 0 spiro atoms. The lowest BCUT2D eigenvalue weighted by atomic mass is 10.1. The Balaban J connectivity index is 2.37. The molecule has 1 aromatic rings. The van der Waals surface area contributed by atoms with Gasteiger partial charge < -0.3 is 5.73 Å². The van der Waals surface area contributed by atoms with Gasteiger partial charge in [-0.25, -0.2) is 0 Å². The van der Waals surface area contributed by atoms with Crippen LogP contribution in [-0.2, 0) is 6.42 Å². The highest BCUT2D eigenvalue weighted by Crippen LogP contribution is 2.13. The second kappa shape index (κ2) is 5.40. The Hall–Kier alpha value is -0.340. The van der Waals surface area contributed by atoms with Gasteiger partial charge in [0.25, 0.3) is 0 Å². The van der Waals surface area contributed by atoms with E-state index >= 15 is 0 Å². The second-order valence-electron chi connectivity index (χ2n) is 3.50. The zero-order chi connectivity index (χ0) is 9.68. The summed E-state index contributed by atoms with van der Waals surface area (Å²) in [6, 6.07) is 8.78. The SMILES string of the molecule is CC(N)CCCc1cccc(Br)c1. The van der Waals surface area contributed by atoms with Gasteiger partial charge in [0.05, 0.1) is 0 Å². The molecule has 0 saturated carbocycles. The highest BCUT2D eigenvalue weighted by atomic mass is 79.9. The van der Waals surface area contributed by atoms with Gasteiger partial charge in [-0.1, -0.05) is 28.1 Å². The van der Waals surface area contributed by atoms with E-state index in [1.54, 1.807) is 0 Å². The van der Waals surface area contributed by atoms with Gasteiger partial charge in [-0.2, -0.15) is 0 Å². The minimum absolute atomic E-state index is 0.326. The minimum atomic E-state index is 0.326. The zero-order valence-corrected chi connectivity index (χ0v) is 9.55. The van der Waals surface area contributed by atoms with Crippen molar-refractivity contribution in [2.24, 2.45) is 5.73 Å². The molecule has 2 N–H and O–H groups in total. The van der Waals surface area contributed by atoms with Crippen molar-refractivity contribution in [1.29, 1.82) is 0 Å². The van der Waals surface area contributed by atoms with Crippen molar-refractivity contribution in [3.8, 4) is 0 Å². The van der Waals surface area contributed by atoms with Crippen molar-refractivity contribution in [3.63, 3.8) is 0 Å². The molecule has 0 aliphatic rings. The molecule has 0 saturated heterocycles. The van der Waals surface area contributed by atoms with Crippen LogP contribution in [0.4, 0.5) is 0 Å². The summed E-state index contributed by atoms with van der Waals surface area (Å²) in [5, 5.41) is 0. The maximum Gasteiger partial charge on any atom is 0.0177 e. The molecule has 2 heteroatoms. The largest absolute Gasteiger partial charge is 0.328 e. The van der Waals surface area contributed by atoms with Crippen LogP contribution in [0.2, 0.25) is 0 Å². The zero-order valence-electron chi connectivity index (χ0n) is 7.96. The summed E-state index contributed by atoms with van der Waals surface area (Å²) in [7, 11) is 0. The van der Waals surface area contributed by atoms with E-state index in [-0.39, 0.29) is 0 Å². The number of hydrogen-bond donors (Lipinski definition) is 1. The molecule has 1 aromatic carbocycles. The van der Waals surface area contributed by atoms with E-state index in [0.717, 1.165) is 17.3 Å². The Kier molecular flexibility index (Phi) is 4.46. The molecule has 0 aliphatic heterocycles. The molecule has 1 unspecified atom stereocenters. The predicted molar refractivity (Wildman–Crippen MR) is 60.7 cm³/mol. The molecule has 0 radical (unpaired) electrons. The summed E-state index contributed by atoms with van der Waals surface area (Å²) in [6.45, 7) is 2.06. The molecule has 0 aromatic heterocycles. The maximum atomic E-state index is 5.68. The number of hydrogen-bond acceptors (Lipinski definition) is 1. The van der Waals surface area contributed by atoms with E-state index in [9.17, 15) is 0 Å². The third-order valence-corrected chi connectivity index (χ3v) is 2.51. The van der Waals surface area contributed by atoms with Gasteiger partial charge in [0.2, 0.25) is 0 Å². The molecule has 1 atom stereocenters. The Bertz CT molecular complexity index is 258. The average Bonchev–Trinajstić information content (AvgIpc) is 2.03. The van der Waals surface area contributed by atoms with Crippen LogP contribution in [0.15, 0.2) is 28.7 Å². The summed E-state index contributed by atoms with van der Waals surface area (Å²) < 4.78 is 1.16. The number of halogens is 1. The molecule has 1 rings (SSSR count). The number of benzene rings is 1. The molecule has 13 heavy (non-hydrogen) atoms. The number of nitrogens with two attached hydrogens (primary N) is 1. The van der Waals surface area contributed by atoms with Crippen LogP contribution in [0.25, 0.3) is 0 Å². The number of aryl methyl sites for hydroxylation is 1. The van der Waals surface area contributed by atoms with Crippen LogP contribution in [0, 0.1) is 0 Å². The first-order valence-corrected chi connectivity index (χ1v) is 5.48. The van der Waals surface area contributed by atoms with Crippen molar-refractivity contribution in [3.05, 3.63) is 34.3 Å². The summed E-state index contributed by atoms with van der Waals surface area (Å²) in [5.41, 5.74) is 7.06. The molecule has 0 heterocycles. The van der Waals surface area contributed by atoms with Crippen LogP contribution in [0.3, 0.4) is 0 Å². The number of rotatable bonds is 4. The standard InChI is InChI=1S/C11H16BrN/c1-9(13)4-2-5-10-6-3-7-11(12)8-10/h3,6-9H,2,4-5,13H2,1H3. The molecule has 0 amide bonds. The van der Waals surface area contributed by atoms with E-state index in [1.807, 2.05) is 0 Å². The molecular weight excluding hydrogens is 226 g/mol. The van der Waals surface area contributed by atoms with Crippen molar-refractivity contribution in [2.75, 3.05) is 0 Å². The first kappa shape index (κ1) is 10.7. The highest BCUT2D eigenvalue weighted by Gasteiger charge is 1.96. The fourth-order valence-electron chi connectivity index (χ4n) is 1.32. The van der Waals surface area contributed by atoms with Crippen LogP contribution in [0.1, 0.15) is 25.3 Å². The van der Waals surface area contributed by atoms with Crippen molar-refractivity contribution in [1.82, 2.24) is 0 Å². The lowest BCUT2D eigenvalue weighted by Gasteiger charge is -2.04. The third-order valence-electron chi connectivity index (χ3n) is 2.01. The van der Waals surface area contributed by atoms with Gasteiger partial charge in [0, 0.05) is 10.5 Å². The lowest BCUT2D eigenvalue weighted by molar-refractivity contribution is 0.624. The van der Waals surface area contributed by atoms with Crippen LogP contribution in [0.5, 0.6) is 0 Å². The van der Waals surface area contributed by atoms with E-state index in [2.05, 4.69) is 47.1 Å². The van der Waals surface area contributed by atoms with Crippen molar-refractivity contribution < 1.29 is 0 Å². The Morgan fingerprint density at radius 3 is 2.85 bits per heavy atom. The summed E-state index contributed by atoms with van der Waals surface area (Å²) in [4.78, 5) is 0. The fourth-order valence-corrected chi connectivity index (χ4v) is 1.77. The molecule has 0 fully saturated rings. The van der Waals surface area contributed by atoms with E-state index in [1.165, 1.54) is 12.0 Å². The van der Waals surface area contributed by atoms with Gasteiger partial charge in [-0.3, -0.25) is 0 Å². The molecular formula is C11H16BrN. The molecule has 72 valence electrons. The van der Waals surface area contributed by atoms with Gasteiger partial charge in [-0.05, 0) is 43.9 Å². The predicted octanol–water partition coefficient (Wildman–Crippen LogP) is 3.12. The first-order chi connectivity index (χ1) is 6.18. The minimum Gasteiger partial charge on any atom is -0.328 e. The van der Waals surface area contributed by atoms with Gasteiger partial charge in [-0.15, -0.1) is 0 Å². The summed E-state index contributed by atoms with van der Waals surface area (Å²) in [6.07, 6.45) is 3.40. The first-order valence-electron chi connectivity index (χ1n) is 4.68. The Morgan fingerprint density at radius 1 is 1.46 bits per heavy atom. The highest BCUT2D eigenvalue weighted by molar-refractivity contribution is 9.10. The maximum absolute atomic E-state index is 5.68. The molecule has 1 nitrogen and oxygen atoms in total. The molecule has 0 aliphatic carbocycles. The normalized spacial score (nSPS) is 12.8. The molecule has 0 bridgehead atoms. The quantitative estimate of drug-likeness (QED) is 0.862. The van der Waals surface area contributed by atoms with E-state index in [0.29, 0.717) is 6.04 Å². The van der Waals surface area contributed by atoms with Crippen molar-refractivity contribution in [2.45, 2.75) is 32.2 Å².